The van der Waals surface area contributed by atoms with E-state index in [1.54, 1.807) is 0 Å². The van der Waals surface area contributed by atoms with Gasteiger partial charge >= 0.3 is 12.4 Å². The number of halogens is 13. The Hall–Kier alpha value is -1.92. The van der Waals surface area contributed by atoms with Crippen LogP contribution in [0.3, 0.4) is 0 Å². The molecular weight excluding hydrogens is 488 g/mol. The van der Waals surface area contributed by atoms with Gasteiger partial charge in [-0.2, -0.15) is 26.3 Å². The first kappa shape index (κ1) is 20.8. The highest BCUT2D eigenvalue weighted by Crippen LogP contribution is 2.66. The second-order valence-corrected chi connectivity index (χ2v) is 6.45. The van der Waals surface area contributed by atoms with Crippen LogP contribution < -0.4 is 0 Å². The maximum absolute atomic E-state index is 14.4. The van der Waals surface area contributed by atoms with Gasteiger partial charge in [-0.05, 0) is 15.9 Å². The molecule has 0 amide bonds. The van der Waals surface area contributed by atoms with E-state index in [9.17, 15) is 52.7 Å². The average molecular weight is 489 g/mol. The van der Waals surface area contributed by atoms with Crippen LogP contribution in [0.4, 0.5) is 52.7 Å². The van der Waals surface area contributed by atoms with E-state index in [0.717, 1.165) is 0 Å². The molecule has 0 saturated heterocycles. The van der Waals surface area contributed by atoms with Crippen molar-refractivity contribution in [2.75, 3.05) is 0 Å². The fourth-order valence-electron chi connectivity index (χ4n) is 3.27. The van der Waals surface area contributed by atoms with E-state index >= 15 is 0 Å². The fourth-order valence-corrected chi connectivity index (χ4v) is 3.64. The third-order valence-corrected chi connectivity index (χ3v) is 4.99. The van der Waals surface area contributed by atoms with Crippen molar-refractivity contribution in [3.05, 3.63) is 56.6 Å². The van der Waals surface area contributed by atoms with E-state index in [2.05, 4.69) is 0 Å². The van der Waals surface area contributed by atoms with Gasteiger partial charge in [0.15, 0.2) is 23.3 Å². The zero-order valence-electron chi connectivity index (χ0n) is 12.5. The van der Waals surface area contributed by atoms with E-state index < -0.39 is 85.5 Å². The highest BCUT2D eigenvalue weighted by molar-refractivity contribution is 9.10. The van der Waals surface area contributed by atoms with Gasteiger partial charge in [0.2, 0.25) is 5.41 Å². The lowest BCUT2D eigenvalue weighted by atomic mass is 9.76. The lowest BCUT2D eigenvalue weighted by Crippen LogP contribution is -2.54. The first-order valence-electron chi connectivity index (χ1n) is 6.78. The van der Waals surface area contributed by atoms with Crippen LogP contribution in [0.2, 0.25) is 0 Å². The van der Waals surface area contributed by atoms with Crippen molar-refractivity contribution in [3.8, 4) is 11.1 Å². The standard InChI is InChI=1S/C15HBrF12/c16-8-11(21)7-5(10(20)12(8)22)4-6(2(17)1-3(18)9(4)19)13(7,14(23,24)25)15(26,27)28/h1H. The largest absolute Gasteiger partial charge is 0.411 e. The molecule has 152 valence electrons. The first-order valence-corrected chi connectivity index (χ1v) is 7.58. The van der Waals surface area contributed by atoms with Crippen molar-refractivity contribution in [2.45, 2.75) is 17.8 Å². The zero-order valence-corrected chi connectivity index (χ0v) is 14.1. The van der Waals surface area contributed by atoms with Gasteiger partial charge in [0.05, 0.1) is 4.47 Å². The van der Waals surface area contributed by atoms with Gasteiger partial charge < -0.3 is 0 Å². The number of hydrogen-bond donors (Lipinski definition) is 0. The Morgan fingerprint density at radius 2 is 1.07 bits per heavy atom. The minimum absolute atomic E-state index is 0.631. The van der Waals surface area contributed by atoms with Crippen LogP contribution in [-0.4, -0.2) is 12.4 Å². The van der Waals surface area contributed by atoms with Crippen LogP contribution in [-0.2, 0) is 5.41 Å². The second-order valence-electron chi connectivity index (χ2n) is 5.66. The van der Waals surface area contributed by atoms with Crippen molar-refractivity contribution in [3.63, 3.8) is 0 Å². The molecule has 2 aromatic carbocycles. The number of benzene rings is 2. The molecule has 0 N–H and O–H groups in total. The molecule has 3 rings (SSSR count). The van der Waals surface area contributed by atoms with Crippen molar-refractivity contribution >= 4 is 15.9 Å². The van der Waals surface area contributed by atoms with Crippen LogP contribution in [0.25, 0.3) is 11.1 Å². The van der Waals surface area contributed by atoms with Gasteiger partial charge in [0, 0.05) is 28.3 Å². The fraction of sp³-hybridized carbons (Fsp3) is 0.200. The zero-order chi connectivity index (χ0) is 21.6. The number of hydrogen-bond acceptors (Lipinski definition) is 0. The summed E-state index contributed by atoms with van der Waals surface area (Å²) in [6, 6.07) is -0.631. The van der Waals surface area contributed by atoms with Crippen LogP contribution in [0.5, 0.6) is 0 Å². The molecule has 0 nitrogen and oxygen atoms in total. The summed E-state index contributed by atoms with van der Waals surface area (Å²) >= 11 is 1.98. The third kappa shape index (κ3) is 2.22. The van der Waals surface area contributed by atoms with E-state index in [-0.39, 0.29) is 0 Å². The summed E-state index contributed by atoms with van der Waals surface area (Å²) in [5, 5.41) is 0. The van der Waals surface area contributed by atoms with Gasteiger partial charge in [-0.1, -0.05) is 0 Å². The topological polar surface area (TPSA) is 0 Å². The lowest BCUT2D eigenvalue weighted by Gasteiger charge is -2.36. The molecular formula is C15HBrF12. The molecule has 0 saturated carbocycles. The summed E-state index contributed by atoms with van der Waals surface area (Å²) < 4.78 is 165. The summed E-state index contributed by atoms with van der Waals surface area (Å²) in [4.78, 5) is 0. The Morgan fingerprint density at radius 3 is 1.54 bits per heavy atom. The molecule has 0 fully saturated rings. The molecule has 0 aliphatic heterocycles. The number of alkyl halides is 6. The Labute approximate surface area is 154 Å². The highest BCUT2D eigenvalue weighted by Gasteiger charge is 2.78. The lowest BCUT2D eigenvalue weighted by molar-refractivity contribution is -0.288. The Balaban J connectivity index is 2.79. The summed E-state index contributed by atoms with van der Waals surface area (Å²) in [5.41, 5.74) is -15.3. The van der Waals surface area contributed by atoms with Crippen LogP contribution in [0, 0.1) is 34.9 Å². The number of fused-ring (bicyclic) bond motifs is 3. The number of rotatable bonds is 0. The Bertz CT molecular complexity index is 1000. The van der Waals surface area contributed by atoms with Crippen molar-refractivity contribution < 1.29 is 52.7 Å². The molecule has 13 heteroatoms. The Kier molecular flexibility index (Phi) is 4.31. The quantitative estimate of drug-likeness (QED) is 0.220. The molecule has 0 bridgehead atoms. The maximum Gasteiger partial charge on any atom is 0.411 e. The molecule has 0 atom stereocenters. The summed E-state index contributed by atoms with van der Waals surface area (Å²) in [6.45, 7) is 0. The van der Waals surface area contributed by atoms with Gasteiger partial charge in [0.25, 0.3) is 0 Å². The summed E-state index contributed by atoms with van der Waals surface area (Å²) in [5.74, 6) is -14.9. The van der Waals surface area contributed by atoms with E-state index in [0.29, 0.717) is 0 Å². The van der Waals surface area contributed by atoms with Crippen molar-refractivity contribution in [1.29, 1.82) is 0 Å². The minimum Gasteiger partial charge on any atom is -0.207 e. The highest BCUT2D eigenvalue weighted by atomic mass is 79.9. The normalized spacial score (nSPS) is 15.6. The molecule has 2 aromatic rings. The smallest absolute Gasteiger partial charge is 0.207 e. The van der Waals surface area contributed by atoms with Gasteiger partial charge in [-0.15, -0.1) is 0 Å². The summed E-state index contributed by atoms with van der Waals surface area (Å²) in [7, 11) is 0. The van der Waals surface area contributed by atoms with E-state index in [1.165, 1.54) is 0 Å². The maximum atomic E-state index is 14.4. The Morgan fingerprint density at radius 1 is 0.607 bits per heavy atom. The molecule has 1 aliphatic rings. The minimum atomic E-state index is -6.61. The molecule has 28 heavy (non-hydrogen) atoms. The van der Waals surface area contributed by atoms with Crippen LogP contribution >= 0.6 is 15.9 Å². The van der Waals surface area contributed by atoms with Gasteiger partial charge in [-0.25, -0.2) is 26.3 Å². The predicted octanol–water partition coefficient (Wildman–Crippen LogP) is 6.67. The average Bonchev–Trinajstić information content (AvgIpc) is 2.89. The molecule has 0 radical (unpaired) electrons. The van der Waals surface area contributed by atoms with Crippen LogP contribution in [0.1, 0.15) is 11.1 Å². The van der Waals surface area contributed by atoms with E-state index in [4.69, 9.17) is 0 Å². The predicted molar refractivity (Wildman–Crippen MR) is 72.2 cm³/mol. The molecule has 0 heterocycles. The molecule has 0 aromatic heterocycles. The second kappa shape index (κ2) is 5.80. The van der Waals surface area contributed by atoms with E-state index in [1.807, 2.05) is 15.9 Å². The molecule has 0 unspecified atom stereocenters. The van der Waals surface area contributed by atoms with Crippen molar-refractivity contribution in [1.82, 2.24) is 0 Å². The van der Waals surface area contributed by atoms with Gasteiger partial charge in [0.1, 0.15) is 11.6 Å². The first-order chi connectivity index (χ1) is 12.6. The van der Waals surface area contributed by atoms with Gasteiger partial charge in [-0.3, -0.25) is 0 Å². The molecule has 1 aliphatic carbocycles. The third-order valence-electron chi connectivity index (χ3n) is 4.29. The monoisotopic (exact) mass is 488 g/mol. The van der Waals surface area contributed by atoms with Crippen LogP contribution in [0.15, 0.2) is 10.5 Å². The summed E-state index contributed by atoms with van der Waals surface area (Å²) in [6.07, 6.45) is -13.2. The van der Waals surface area contributed by atoms with Crippen molar-refractivity contribution in [2.24, 2.45) is 0 Å². The molecule has 0 spiro atoms. The SMILES string of the molecule is Fc1cc(F)c2c(c1F)-c1c(F)c(F)c(Br)c(F)c1C2(C(F)(F)F)C(F)(F)F.